The fourth-order valence-corrected chi connectivity index (χ4v) is 3.86. The van der Waals surface area contributed by atoms with Crippen LogP contribution in [0.1, 0.15) is 30.7 Å². The number of amides is 2. The predicted molar refractivity (Wildman–Crippen MR) is 103 cm³/mol. The second kappa shape index (κ2) is 10.1. The third-order valence-electron chi connectivity index (χ3n) is 5.34. The van der Waals surface area contributed by atoms with Crippen LogP contribution in [-0.2, 0) is 25.7 Å². The molecule has 3 heterocycles. The van der Waals surface area contributed by atoms with Crippen molar-refractivity contribution >= 4 is 17.8 Å². The molecule has 1 aromatic heterocycles. The number of carbonyl (C=O) groups is 3. The first-order valence-electron chi connectivity index (χ1n) is 9.77. The van der Waals surface area contributed by atoms with Gasteiger partial charge in [-0.3, -0.25) is 14.6 Å². The molecule has 0 bridgehead atoms. The number of aliphatic carboxylic acids is 1. The Morgan fingerprint density at radius 2 is 1.94 bits per heavy atom. The van der Waals surface area contributed by atoms with Crippen LogP contribution in [0.15, 0.2) is 18.2 Å². The normalized spacial score (nSPS) is 21.1. The number of ether oxygens (including phenoxy) is 1. The Balaban J connectivity index is 0.000000423. The number of aryl methyl sites for hydroxylation is 1. The van der Waals surface area contributed by atoms with Gasteiger partial charge >= 0.3 is 12.1 Å². The standard InChI is InChI=1S/C18H25N3O3.C2HF3O2/c1-14-5-3-6-15(19-14)11-20-10-8-18(17(20)23)7-4-9-21(13-18)16(22)12-24-2;3-2(4,5)1(6)7/h3,5-6H,4,7-13H2,1-2H3;(H,6,7). The molecule has 1 spiro atoms. The van der Waals surface area contributed by atoms with Crippen LogP contribution in [-0.4, -0.2) is 77.2 Å². The first-order valence-corrected chi connectivity index (χ1v) is 9.77. The Labute approximate surface area is 178 Å². The minimum absolute atomic E-state index is 0.0248. The number of halogens is 3. The maximum Gasteiger partial charge on any atom is 0.490 e. The van der Waals surface area contributed by atoms with Crippen molar-refractivity contribution in [2.75, 3.05) is 33.4 Å². The molecule has 1 unspecified atom stereocenters. The van der Waals surface area contributed by atoms with Crippen molar-refractivity contribution in [3.8, 4) is 0 Å². The molecular formula is C20H26F3N3O5. The SMILES string of the molecule is COCC(=O)N1CCCC2(CCN(Cc3cccc(C)n3)C2=O)C1.O=C(O)C(F)(F)F. The van der Waals surface area contributed by atoms with E-state index in [0.717, 1.165) is 43.7 Å². The summed E-state index contributed by atoms with van der Waals surface area (Å²) in [5, 5.41) is 7.12. The molecule has 11 heteroatoms. The number of piperidine rings is 1. The van der Waals surface area contributed by atoms with Gasteiger partial charge in [-0.2, -0.15) is 13.2 Å². The molecule has 2 aliphatic heterocycles. The van der Waals surface area contributed by atoms with Crippen molar-refractivity contribution < 1.29 is 37.4 Å². The zero-order chi connectivity index (χ0) is 23.2. The van der Waals surface area contributed by atoms with E-state index in [2.05, 4.69) is 4.98 Å². The van der Waals surface area contributed by atoms with Gasteiger partial charge in [0.15, 0.2) is 0 Å². The van der Waals surface area contributed by atoms with Crippen molar-refractivity contribution in [3.63, 3.8) is 0 Å². The second-order valence-electron chi connectivity index (χ2n) is 7.68. The smallest absolute Gasteiger partial charge is 0.475 e. The Morgan fingerprint density at radius 1 is 1.26 bits per heavy atom. The van der Waals surface area contributed by atoms with E-state index in [4.69, 9.17) is 14.6 Å². The van der Waals surface area contributed by atoms with E-state index < -0.39 is 17.6 Å². The fourth-order valence-electron chi connectivity index (χ4n) is 3.86. The molecular weight excluding hydrogens is 419 g/mol. The first-order chi connectivity index (χ1) is 14.5. The summed E-state index contributed by atoms with van der Waals surface area (Å²) in [6.45, 7) is 4.57. The van der Waals surface area contributed by atoms with Gasteiger partial charge in [0.25, 0.3) is 0 Å². The number of methoxy groups -OCH3 is 1. The average Bonchev–Trinajstić information content (AvgIpc) is 2.97. The minimum Gasteiger partial charge on any atom is -0.475 e. The molecule has 1 N–H and O–H groups in total. The van der Waals surface area contributed by atoms with Crippen LogP contribution in [0.2, 0.25) is 0 Å². The molecule has 1 aromatic rings. The van der Waals surface area contributed by atoms with Gasteiger partial charge < -0.3 is 19.6 Å². The molecule has 2 fully saturated rings. The van der Waals surface area contributed by atoms with Crippen LogP contribution in [0, 0.1) is 12.3 Å². The van der Waals surface area contributed by atoms with Crippen molar-refractivity contribution in [1.82, 2.24) is 14.8 Å². The zero-order valence-corrected chi connectivity index (χ0v) is 17.4. The molecule has 2 aliphatic rings. The fraction of sp³-hybridized carbons (Fsp3) is 0.600. The van der Waals surface area contributed by atoms with Crippen molar-refractivity contribution in [2.24, 2.45) is 5.41 Å². The predicted octanol–water partition coefficient (Wildman–Crippen LogP) is 2.01. The molecule has 2 amide bonds. The summed E-state index contributed by atoms with van der Waals surface area (Å²) >= 11 is 0. The van der Waals surface area contributed by atoms with Crippen LogP contribution in [0.4, 0.5) is 13.2 Å². The molecule has 0 radical (unpaired) electrons. The van der Waals surface area contributed by atoms with Crippen LogP contribution in [0.25, 0.3) is 0 Å². The molecule has 0 aliphatic carbocycles. The largest absolute Gasteiger partial charge is 0.490 e. The molecule has 0 aromatic carbocycles. The number of nitrogens with zero attached hydrogens (tertiary/aromatic N) is 3. The van der Waals surface area contributed by atoms with E-state index in [0.29, 0.717) is 13.1 Å². The third-order valence-corrected chi connectivity index (χ3v) is 5.34. The lowest BCUT2D eigenvalue weighted by Crippen LogP contribution is -2.50. The van der Waals surface area contributed by atoms with Crippen molar-refractivity contribution in [3.05, 3.63) is 29.6 Å². The molecule has 172 valence electrons. The Hall–Kier alpha value is -2.69. The summed E-state index contributed by atoms with van der Waals surface area (Å²) in [6, 6.07) is 5.89. The lowest BCUT2D eigenvalue weighted by atomic mass is 9.78. The highest BCUT2D eigenvalue weighted by Crippen LogP contribution is 2.40. The lowest BCUT2D eigenvalue weighted by Gasteiger charge is -2.39. The van der Waals surface area contributed by atoms with E-state index >= 15 is 0 Å². The van der Waals surface area contributed by atoms with Crippen molar-refractivity contribution in [1.29, 1.82) is 0 Å². The average molecular weight is 445 g/mol. The van der Waals surface area contributed by atoms with Gasteiger partial charge in [0.2, 0.25) is 11.8 Å². The van der Waals surface area contributed by atoms with Crippen LogP contribution < -0.4 is 0 Å². The van der Waals surface area contributed by atoms with Gasteiger partial charge in [-0.1, -0.05) is 6.07 Å². The van der Waals surface area contributed by atoms with E-state index in [1.54, 1.807) is 4.90 Å². The van der Waals surface area contributed by atoms with Crippen molar-refractivity contribution in [2.45, 2.75) is 38.9 Å². The van der Waals surface area contributed by atoms with E-state index in [1.165, 1.54) is 7.11 Å². The Kier molecular flexibility index (Phi) is 7.99. The van der Waals surface area contributed by atoms with E-state index in [1.807, 2.05) is 30.0 Å². The topological polar surface area (TPSA) is 100 Å². The maximum atomic E-state index is 13.0. The minimum atomic E-state index is -5.08. The van der Waals surface area contributed by atoms with Gasteiger partial charge in [0, 0.05) is 32.4 Å². The summed E-state index contributed by atoms with van der Waals surface area (Å²) in [6.07, 6.45) is -2.54. The Morgan fingerprint density at radius 3 is 2.52 bits per heavy atom. The Bertz CT molecular complexity index is 817. The number of hydrogen-bond acceptors (Lipinski definition) is 5. The van der Waals surface area contributed by atoms with Gasteiger partial charge in [-0.15, -0.1) is 0 Å². The maximum absolute atomic E-state index is 13.0. The molecule has 2 saturated heterocycles. The molecule has 0 saturated carbocycles. The number of carboxylic acid groups (broad SMARTS) is 1. The molecule has 3 rings (SSSR count). The molecule has 31 heavy (non-hydrogen) atoms. The number of rotatable bonds is 4. The second-order valence-corrected chi connectivity index (χ2v) is 7.68. The van der Waals surface area contributed by atoms with Gasteiger partial charge in [-0.05, 0) is 38.3 Å². The van der Waals surface area contributed by atoms with E-state index in [9.17, 15) is 22.8 Å². The summed E-state index contributed by atoms with van der Waals surface area (Å²) in [5.41, 5.74) is 1.47. The number of carboxylic acids is 1. The van der Waals surface area contributed by atoms with Crippen LogP contribution >= 0.6 is 0 Å². The van der Waals surface area contributed by atoms with Gasteiger partial charge in [-0.25, -0.2) is 4.79 Å². The summed E-state index contributed by atoms with van der Waals surface area (Å²) in [4.78, 5) is 42.2. The number of pyridine rings is 1. The highest BCUT2D eigenvalue weighted by molar-refractivity contribution is 5.86. The van der Waals surface area contributed by atoms with E-state index in [-0.39, 0.29) is 18.4 Å². The monoisotopic (exact) mass is 445 g/mol. The summed E-state index contributed by atoms with van der Waals surface area (Å²) in [5.74, 6) is -2.61. The molecule has 1 atom stereocenters. The zero-order valence-electron chi connectivity index (χ0n) is 17.4. The van der Waals surface area contributed by atoms with Crippen LogP contribution in [0.3, 0.4) is 0 Å². The lowest BCUT2D eigenvalue weighted by molar-refractivity contribution is -0.192. The molecule has 8 nitrogen and oxygen atoms in total. The number of likely N-dealkylation sites (tertiary alicyclic amines) is 2. The third kappa shape index (κ3) is 6.39. The number of hydrogen-bond donors (Lipinski definition) is 1. The number of carbonyl (C=O) groups excluding carboxylic acids is 2. The first kappa shape index (κ1) is 24.6. The highest BCUT2D eigenvalue weighted by atomic mass is 19.4. The van der Waals surface area contributed by atoms with Crippen LogP contribution in [0.5, 0.6) is 0 Å². The quantitative estimate of drug-likeness (QED) is 0.761. The summed E-state index contributed by atoms with van der Waals surface area (Å²) < 4.78 is 36.7. The van der Waals surface area contributed by atoms with Gasteiger partial charge in [0.05, 0.1) is 17.7 Å². The number of alkyl halides is 3. The van der Waals surface area contributed by atoms with Gasteiger partial charge in [0.1, 0.15) is 6.61 Å². The number of aromatic nitrogens is 1. The summed E-state index contributed by atoms with van der Waals surface area (Å²) in [7, 11) is 1.52. The highest BCUT2D eigenvalue weighted by Gasteiger charge is 2.49.